The van der Waals surface area contributed by atoms with Gasteiger partial charge in [-0.05, 0) is 55.9 Å². The lowest BCUT2D eigenvalue weighted by molar-refractivity contribution is -0.132. The van der Waals surface area contributed by atoms with E-state index < -0.39 is 5.82 Å². The van der Waals surface area contributed by atoms with Crippen molar-refractivity contribution in [3.05, 3.63) is 59.9 Å². The Morgan fingerprint density at radius 1 is 0.974 bits per heavy atom. The molecule has 0 atom stereocenters. The summed E-state index contributed by atoms with van der Waals surface area (Å²) in [6.45, 7) is 7.01. The number of carbonyl (C=O) groups is 2. The fraction of sp³-hybridized carbons (Fsp3) is 0.533. The van der Waals surface area contributed by atoms with Crippen LogP contribution in [0.2, 0.25) is 0 Å². The highest BCUT2D eigenvalue weighted by molar-refractivity contribution is 5.92. The third-order valence-electron chi connectivity index (χ3n) is 7.41. The van der Waals surface area contributed by atoms with Crippen LogP contribution in [0.25, 0.3) is 0 Å². The molecule has 0 saturated carbocycles. The molecule has 38 heavy (non-hydrogen) atoms. The number of anilines is 1. The first kappa shape index (κ1) is 28.0. The Balaban J connectivity index is 1.46. The van der Waals surface area contributed by atoms with Crippen molar-refractivity contribution in [1.82, 2.24) is 9.80 Å². The lowest BCUT2D eigenvalue weighted by atomic mass is 10.1. The molecular weight excluding hydrogens is 485 g/mol. The third kappa shape index (κ3) is 7.77. The van der Waals surface area contributed by atoms with Gasteiger partial charge in [-0.15, -0.1) is 0 Å². The van der Waals surface area contributed by atoms with Gasteiger partial charge in [-0.1, -0.05) is 30.3 Å². The lowest BCUT2D eigenvalue weighted by Crippen LogP contribution is -2.43. The van der Waals surface area contributed by atoms with Crippen LogP contribution in [0.15, 0.2) is 48.5 Å². The number of hydrogen-bond donors (Lipinski definition) is 0. The van der Waals surface area contributed by atoms with Crippen molar-refractivity contribution in [2.75, 3.05) is 50.9 Å². The first-order valence-corrected chi connectivity index (χ1v) is 13.9. The van der Waals surface area contributed by atoms with Crippen LogP contribution in [0.5, 0.6) is 5.75 Å². The average molecular weight is 526 g/mol. The van der Waals surface area contributed by atoms with Crippen LogP contribution < -0.4 is 9.64 Å². The number of hydrogen-bond acceptors (Lipinski definition) is 5. The highest BCUT2D eigenvalue weighted by atomic mass is 19.1. The van der Waals surface area contributed by atoms with Crippen LogP contribution in [0, 0.1) is 5.82 Å². The monoisotopic (exact) mass is 525 g/mol. The summed E-state index contributed by atoms with van der Waals surface area (Å²) >= 11 is 0. The zero-order chi connectivity index (χ0) is 26.7. The second-order valence-corrected chi connectivity index (χ2v) is 10.1. The number of fused-ring (bicyclic) bond motifs is 1. The molecule has 206 valence electrons. The molecule has 0 aromatic heterocycles. The normalized spacial score (nSPS) is 18.3. The lowest BCUT2D eigenvalue weighted by Gasteiger charge is -2.36. The van der Waals surface area contributed by atoms with Gasteiger partial charge in [-0.3, -0.25) is 9.59 Å². The van der Waals surface area contributed by atoms with Crippen LogP contribution in [0.1, 0.15) is 51.0 Å². The van der Waals surface area contributed by atoms with Crippen LogP contribution >= 0.6 is 0 Å². The summed E-state index contributed by atoms with van der Waals surface area (Å²) in [6, 6.07) is 14.7. The molecule has 2 aromatic rings. The second-order valence-electron chi connectivity index (χ2n) is 10.1. The minimum atomic E-state index is -0.400. The number of halogens is 1. The summed E-state index contributed by atoms with van der Waals surface area (Å²) in [5, 5.41) is 0. The third-order valence-corrected chi connectivity index (χ3v) is 7.41. The Hall–Kier alpha value is -2.97. The second kappa shape index (κ2) is 14.3. The number of amides is 2. The van der Waals surface area contributed by atoms with Crippen LogP contribution in [0.4, 0.5) is 10.1 Å². The Bertz CT molecular complexity index is 1060. The standard InChI is InChI=1S/C30H40FN3O4/c1-24(35)34-19-8-17-32(26-14-21-37-22-15-26)16-7-18-33(23-25-9-2-4-11-28(25)34)30(36)13-6-20-38-29-12-5-3-10-27(29)31/h2-5,9-12,26H,6-8,13-23H2,1H3. The van der Waals surface area contributed by atoms with Gasteiger partial charge < -0.3 is 24.2 Å². The van der Waals surface area contributed by atoms with Crippen molar-refractivity contribution in [2.45, 2.75) is 58.0 Å². The van der Waals surface area contributed by atoms with Gasteiger partial charge in [0.05, 0.1) is 6.61 Å². The summed E-state index contributed by atoms with van der Waals surface area (Å²) in [5.41, 5.74) is 1.85. The summed E-state index contributed by atoms with van der Waals surface area (Å²) in [6.07, 6.45) is 4.63. The molecule has 0 radical (unpaired) electrons. The minimum Gasteiger partial charge on any atom is -0.491 e. The molecular formula is C30H40FN3O4. The Morgan fingerprint density at radius 3 is 2.45 bits per heavy atom. The molecule has 7 nitrogen and oxygen atoms in total. The molecule has 0 spiro atoms. The molecule has 0 N–H and O–H groups in total. The highest BCUT2D eigenvalue weighted by Gasteiger charge is 2.25. The molecule has 2 aliphatic heterocycles. The van der Waals surface area contributed by atoms with Crippen molar-refractivity contribution in [3.63, 3.8) is 0 Å². The molecule has 2 amide bonds. The number of benzene rings is 2. The summed E-state index contributed by atoms with van der Waals surface area (Å²) in [5.74, 6) is -0.142. The molecule has 8 heteroatoms. The zero-order valence-electron chi connectivity index (χ0n) is 22.4. The fourth-order valence-electron chi connectivity index (χ4n) is 5.40. The van der Waals surface area contributed by atoms with Crippen molar-refractivity contribution < 1.29 is 23.5 Å². The SMILES string of the molecule is CC(=O)N1CCCN(C2CCOCC2)CCCN(C(=O)CCCOc2ccccc2F)Cc2ccccc21. The first-order valence-electron chi connectivity index (χ1n) is 13.9. The van der Waals surface area contributed by atoms with Gasteiger partial charge in [0.15, 0.2) is 11.6 Å². The molecule has 0 aliphatic carbocycles. The Morgan fingerprint density at radius 2 is 1.68 bits per heavy atom. The van der Waals surface area contributed by atoms with E-state index >= 15 is 0 Å². The molecule has 1 saturated heterocycles. The van der Waals surface area contributed by atoms with E-state index in [9.17, 15) is 14.0 Å². The molecule has 2 aromatic carbocycles. The van der Waals surface area contributed by atoms with Gasteiger partial charge in [-0.2, -0.15) is 0 Å². The van der Waals surface area contributed by atoms with E-state index in [1.165, 1.54) is 6.07 Å². The van der Waals surface area contributed by atoms with E-state index in [2.05, 4.69) is 4.90 Å². The predicted octanol–water partition coefficient (Wildman–Crippen LogP) is 4.64. The number of carbonyl (C=O) groups excluding carboxylic acids is 2. The number of ether oxygens (including phenoxy) is 2. The summed E-state index contributed by atoms with van der Waals surface area (Å²) < 4.78 is 25.0. The van der Waals surface area contributed by atoms with Gasteiger partial charge in [0, 0.05) is 71.0 Å². The molecule has 4 rings (SSSR count). The Kier molecular flexibility index (Phi) is 10.5. The van der Waals surface area contributed by atoms with Gasteiger partial charge in [0.2, 0.25) is 11.8 Å². The predicted molar refractivity (Wildman–Crippen MR) is 146 cm³/mol. The smallest absolute Gasteiger partial charge is 0.223 e. The van der Waals surface area contributed by atoms with Gasteiger partial charge in [0.1, 0.15) is 0 Å². The maximum absolute atomic E-state index is 13.8. The van der Waals surface area contributed by atoms with Crippen LogP contribution in [-0.2, 0) is 20.9 Å². The molecule has 1 fully saturated rings. The molecule has 2 aliphatic rings. The van der Waals surface area contributed by atoms with Crippen molar-refractivity contribution in [3.8, 4) is 5.75 Å². The maximum Gasteiger partial charge on any atom is 0.223 e. The minimum absolute atomic E-state index is 0.00953. The van der Waals surface area contributed by atoms with Crippen LogP contribution in [0.3, 0.4) is 0 Å². The van der Waals surface area contributed by atoms with Crippen molar-refractivity contribution in [1.29, 1.82) is 0 Å². The zero-order valence-corrected chi connectivity index (χ0v) is 22.4. The highest BCUT2D eigenvalue weighted by Crippen LogP contribution is 2.25. The summed E-state index contributed by atoms with van der Waals surface area (Å²) in [4.78, 5) is 32.3. The van der Waals surface area contributed by atoms with Crippen LogP contribution in [-0.4, -0.2) is 73.7 Å². The maximum atomic E-state index is 13.8. The number of nitrogens with zero attached hydrogens (tertiary/aromatic N) is 3. The van der Waals surface area contributed by atoms with E-state index in [0.29, 0.717) is 38.5 Å². The van der Waals surface area contributed by atoms with E-state index in [4.69, 9.17) is 9.47 Å². The van der Waals surface area contributed by atoms with Crippen molar-refractivity contribution in [2.24, 2.45) is 0 Å². The molecule has 2 heterocycles. The number of rotatable bonds is 6. The van der Waals surface area contributed by atoms with E-state index in [0.717, 1.165) is 63.2 Å². The van der Waals surface area contributed by atoms with E-state index in [1.54, 1.807) is 25.1 Å². The van der Waals surface area contributed by atoms with Crippen molar-refractivity contribution >= 4 is 17.5 Å². The average Bonchev–Trinajstić information content (AvgIpc) is 2.92. The quantitative estimate of drug-likeness (QED) is 0.514. The largest absolute Gasteiger partial charge is 0.491 e. The van der Waals surface area contributed by atoms with Gasteiger partial charge >= 0.3 is 0 Å². The fourth-order valence-corrected chi connectivity index (χ4v) is 5.40. The van der Waals surface area contributed by atoms with Gasteiger partial charge in [-0.25, -0.2) is 4.39 Å². The molecule has 0 unspecified atom stereocenters. The van der Waals surface area contributed by atoms with E-state index in [-0.39, 0.29) is 24.2 Å². The van der Waals surface area contributed by atoms with Gasteiger partial charge in [0.25, 0.3) is 0 Å². The van der Waals surface area contributed by atoms with E-state index in [1.807, 2.05) is 34.1 Å². The number of para-hydroxylation sites is 2. The topological polar surface area (TPSA) is 62.3 Å². The molecule has 0 bridgehead atoms. The summed E-state index contributed by atoms with van der Waals surface area (Å²) in [7, 11) is 0. The Labute approximate surface area is 225 Å². The first-order chi connectivity index (χ1) is 18.5.